The van der Waals surface area contributed by atoms with Crippen LogP contribution in [0.5, 0.6) is 0 Å². The third-order valence-electron chi connectivity index (χ3n) is 4.94. The second-order valence-corrected chi connectivity index (χ2v) is 6.90. The normalized spacial score (nSPS) is 22.9. The van der Waals surface area contributed by atoms with Crippen LogP contribution in [0.25, 0.3) is 0 Å². The molecule has 0 bridgehead atoms. The van der Waals surface area contributed by atoms with Gasteiger partial charge in [-0.2, -0.15) is 0 Å². The van der Waals surface area contributed by atoms with Gasteiger partial charge < -0.3 is 19.5 Å². The number of carbonyl (C=O) groups is 1. The smallest absolute Gasteiger partial charge is 0.407 e. The summed E-state index contributed by atoms with van der Waals surface area (Å²) in [6, 6.07) is -0.0212. The molecule has 6 heteroatoms. The van der Waals surface area contributed by atoms with Crippen LogP contribution in [0.1, 0.15) is 33.1 Å². The number of methoxy groups -OCH3 is 1. The number of ether oxygens (including phenoxy) is 3. The van der Waals surface area contributed by atoms with Gasteiger partial charge in [-0.15, -0.1) is 0 Å². The summed E-state index contributed by atoms with van der Waals surface area (Å²) < 4.78 is 16.0. The molecule has 0 saturated carbocycles. The highest BCUT2D eigenvalue weighted by Crippen LogP contribution is 2.39. The number of rotatable bonds is 6. The molecule has 1 N–H and O–H groups in total. The van der Waals surface area contributed by atoms with Gasteiger partial charge in [0.05, 0.1) is 26.5 Å². The van der Waals surface area contributed by atoms with Crippen LogP contribution in [-0.2, 0) is 14.2 Å². The first-order chi connectivity index (χ1) is 10.5. The van der Waals surface area contributed by atoms with Crippen molar-refractivity contribution in [3.8, 4) is 0 Å². The van der Waals surface area contributed by atoms with Gasteiger partial charge in [-0.3, -0.25) is 4.90 Å². The molecule has 0 aromatic rings. The van der Waals surface area contributed by atoms with Crippen molar-refractivity contribution in [3.63, 3.8) is 0 Å². The maximum absolute atomic E-state index is 11.3. The molecule has 0 aromatic heterocycles. The molecule has 128 valence electrons. The monoisotopic (exact) mass is 314 g/mol. The third kappa shape index (κ3) is 4.83. The average Bonchev–Trinajstić information content (AvgIpc) is 2.89. The van der Waals surface area contributed by atoms with E-state index in [0.29, 0.717) is 24.7 Å². The van der Waals surface area contributed by atoms with E-state index in [1.165, 1.54) is 26.4 Å². The van der Waals surface area contributed by atoms with Crippen molar-refractivity contribution in [2.75, 3.05) is 46.8 Å². The average molecular weight is 314 g/mol. The summed E-state index contributed by atoms with van der Waals surface area (Å²) in [6.45, 7) is 9.27. The Balaban J connectivity index is 1.70. The highest BCUT2D eigenvalue weighted by atomic mass is 16.5. The minimum absolute atomic E-state index is 0.0212. The maximum Gasteiger partial charge on any atom is 0.407 e. The number of hydrogen-bond donors (Lipinski definition) is 1. The molecule has 6 nitrogen and oxygen atoms in total. The van der Waals surface area contributed by atoms with Crippen molar-refractivity contribution in [2.45, 2.75) is 39.2 Å². The van der Waals surface area contributed by atoms with E-state index in [1.807, 2.05) is 0 Å². The van der Waals surface area contributed by atoms with Crippen LogP contribution in [0, 0.1) is 11.3 Å². The zero-order chi connectivity index (χ0) is 16.0. The molecule has 0 unspecified atom stereocenters. The molecule has 1 spiro atoms. The molecule has 1 amide bonds. The molecule has 1 atom stereocenters. The van der Waals surface area contributed by atoms with Crippen LogP contribution < -0.4 is 5.32 Å². The molecule has 2 saturated heterocycles. The summed E-state index contributed by atoms with van der Waals surface area (Å²) in [5.74, 6) is 0.305. The standard InChI is InChI=1S/C16H30N2O4/c1-13(2)14(17-15(19)20-3)10-22-12-18-7-4-16(11-18)5-8-21-9-6-16/h13-14H,4-12H2,1-3H3,(H,17,19)/t14-/m1/s1. The zero-order valence-electron chi connectivity index (χ0n) is 14.1. The Hall–Kier alpha value is -0.850. The van der Waals surface area contributed by atoms with Crippen molar-refractivity contribution >= 4 is 6.09 Å². The van der Waals surface area contributed by atoms with Crippen LogP contribution in [0.15, 0.2) is 0 Å². The molecule has 2 heterocycles. The SMILES string of the molecule is COC(=O)N[C@H](COCN1CCC2(CCOCC2)C1)C(C)C. The Morgan fingerprint density at radius 2 is 2.05 bits per heavy atom. The van der Waals surface area contributed by atoms with Crippen molar-refractivity contribution < 1.29 is 19.0 Å². The van der Waals surface area contributed by atoms with E-state index >= 15 is 0 Å². The topological polar surface area (TPSA) is 60.0 Å². The minimum Gasteiger partial charge on any atom is -0.453 e. The van der Waals surface area contributed by atoms with Gasteiger partial charge in [0.25, 0.3) is 0 Å². The van der Waals surface area contributed by atoms with Crippen molar-refractivity contribution in [3.05, 3.63) is 0 Å². The summed E-state index contributed by atoms with van der Waals surface area (Å²) in [6.07, 6.45) is 3.18. The summed E-state index contributed by atoms with van der Waals surface area (Å²) >= 11 is 0. The van der Waals surface area contributed by atoms with E-state index in [1.54, 1.807) is 0 Å². The van der Waals surface area contributed by atoms with Gasteiger partial charge in [0.1, 0.15) is 0 Å². The summed E-state index contributed by atoms with van der Waals surface area (Å²) in [5, 5.41) is 2.83. The Kier molecular flexibility index (Phi) is 6.47. The lowest BCUT2D eigenvalue weighted by Crippen LogP contribution is -2.42. The lowest BCUT2D eigenvalue weighted by Gasteiger charge is -2.33. The van der Waals surface area contributed by atoms with Gasteiger partial charge in [-0.25, -0.2) is 4.79 Å². The number of hydrogen-bond acceptors (Lipinski definition) is 5. The highest BCUT2D eigenvalue weighted by molar-refractivity contribution is 5.67. The molecule has 2 aliphatic rings. The molecule has 0 aliphatic carbocycles. The Labute approximate surface area is 133 Å². The van der Waals surface area contributed by atoms with E-state index in [9.17, 15) is 4.79 Å². The molecular weight excluding hydrogens is 284 g/mol. The van der Waals surface area contributed by atoms with E-state index in [-0.39, 0.29) is 6.04 Å². The second kappa shape index (κ2) is 8.13. The number of likely N-dealkylation sites (tertiary alicyclic amines) is 1. The van der Waals surface area contributed by atoms with Crippen molar-refractivity contribution in [1.29, 1.82) is 0 Å². The Morgan fingerprint density at radius 1 is 1.32 bits per heavy atom. The number of amides is 1. The van der Waals surface area contributed by atoms with E-state index in [4.69, 9.17) is 9.47 Å². The number of carbonyl (C=O) groups excluding carboxylic acids is 1. The summed E-state index contributed by atoms with van der Waals surface area (Å²) in [5.41, 5.74) is 0.448. The number of nitrogens with zero attached hydrogens (tertiary/aromatic N) is 1. The van der Waals surface area contributed by atoms with Crippen molar-refractivity contribution in [1.82, 2.24) is 10.2 Å². The summed E-state index contributed by atoms with van der Waals surface area (Å²) in [7, 11) is 1.38. The van der Waals surface area contributed by atoms with Gasteiger partial charge >= 0.3 is 6.09 Å². The number of nitrogens with one attached hydrogen (secondary N) is 1. The predicted molar refractivity (Wildman–Crippen MR) is 83.7 cm³/mol. The van der Waals surface area contributed by atoms with E-state index in [2.05, 4.69) is 28.8 Å². The molecule has 0 radical (unpaired) electrons. The number of alkyl carbamates (subject to hydrolysis) is 1. The van der Waals surface area contributed by atoms with E-state index < -0.39 is 6.09 Å². The van der Waals surface area contributed by atoms with Gasteiger partial charge in [0, 0.05) is 26.3 Å². The molecule has 22 heavy (non-hydrogen) atoms. The Morgan fingerprint density at radius 3 is 2.68 bits per heavy atom. The lowest BCUT2D eigenvalue weighted by atomic mass is 9.80. The van der Waals surface area contributed by atoms with Gasteiger partial charge in [-0.05, 0) is 30.6 Å². The van der Waals surface area contributed by atoms with Crippen molar-refractivity contribution in [2.24, 2.45) is 11.3 Å². The largest absolute Gasteiger partial charge is 0.453 e. The quantitative estimate of drug-likeness (QED) is 0.811. The predicted octanol–water partition coefficient (Wildman–Crippen LogP) is 1.84. The molecule has 2 rings (SSSR count). The molecule has 2 aliphatic heterocycles. The first-order valence-corrected chi connectivity index (χ1v) is 8.27. The fourth-order valence-corrected chi connectivity index (χ4v) is 3.27. The molecule has 0 aromatic carbocycles. The van der Waals surface area contributed by atoms with E-state index in [0.717, 1.165) is 26.3 Å². The van der Waals surface area contributed by atoms with Crippen LogP contribution >= 0.6 is 0 Å². The first-order valence-electron chi connectivity index (χ1n) is 8.27. The van der Waals surface area contributed by atoms with Crippen LogP contribution in [-0.4, -0.2) is 63.8 Å². The van der Waals surface area contributed by atoms with Crippen LogP contribution in [0.2, 0.25) is 0 Å². The second-order valence-electron chi connectivity index (χ2n) is 6.90. The highest BCUT2D eigenvalue weighted by Gasteiger charge is 2.39. The minimum atomic E-state index is -0.398. The van der Waals surface area contributed by atoms with Gasteiger partial charge in [0.15, 0.2) is 0 Å². The van der Waals surface area contributed by atoms with Crippen LogP contribution in [0.4, 0.5) is 4.79 Å². The first kappa shape index (κ1) is 17.5. The molecule has 2 fully saturated rings. The Bertz CT molecular complexity index is 356. The zero-order valence-corrected chi connectivity index (χ0v) is 14.1. The third-order valence-corrected chi connectivity index (χ3v) is 4.94. The lowest BCUT2D eigenvalue weighted by molar-refractivity contribution is -0.00434. The van der Waals surface area contributed by atoms with Gasteiger partial charge in [-0.1, -0.05) is 13.8 Å². The van der Waals surface area contributed by atoms with Crippen LogP contribution in [0.3, 0.4) is 0 Å². The summed E-state index contributed by atoms with van der Waals surface area (Å²) in [4.78, 5) is 13.7. The molecular formula is C16H30N2O4. The fraction of sp³-hybridized carbons (Fsp3) is 0.938. The maximum atomic E-state index is 11.3. The van der Waals surface area contributed by atoms with Gasteiger partial charge in [0.2, 0.25) is 0 Å². The fourth-order valence-electron chi connectivity index (χ4n) is 3.27.